The Kier molecular flexibility index (Phi) is 7.50. The lowest BCUT2D eigenvalue weighted by atomic mass is 9.85. The number of benzene rings is 2. The monoisotopic (exact) mass is 527 g/mol. The minimum atomic E-state index is -0.102. The summed E-state index contributed by atoms with van der Waals surface area (Å²) in [4.78, 5) is 16.9. The first-order valence-corrected chi connectivity index (χ1v) is 14.8. The van der Waals surface area contributed by atoms with E-state index in [1.807, 2.05) is 18.2 Å². The summed E-state index contributed by atoms with van der Waals surface area (Å²) >= 11 is 1.65. The van der Waals surface area contributed by atoms with E-state index < -0.39 is 0 Å². The van der Waals surface area contributed by atoms with E-state index in [1.165, 1.54) is 30.5 Å². The van der Waals surface area contributed by atoms with Crippen LogP contribution in [0.4, 0.5) is 5.69 Å². The molecule has 0 radical (unpaired) electrons. The molecule has 2 heterocycles. The van der Waals surface area contributed by atoms with E-state index in [0.29, 0.717) is 5.92 Å². The molecule has 1 unspecified atom stereocenters. The van der Waals surface area contributed by atoms with Crippen molar-refractivity contribution < 1.29 is 4.79 Å². The fourth-order valence-corrected chi connectivity index (χ4v) is 7.15. The molecular formula is C33H41N3OS. The minimum absolute atomic E-state index is 0.102. The third kappa shape index (κ3) is 5.31. The first kappa shape index (κ1) is 26.7. The van der Waals surface area contributed by atoms with Gasteiger partial charge in [-0.15, -0.1) is 0 Å². The van der Waals surface area contributed by atoms with Crippen LogP contribution in [0.15, 0.2) is 65.6 Å². The van der Waals surface area contributed by atoms with Gasteiger partial charge < -0.3 is 14.8 Å². The molecule has 1 amide bonds. The topological polar surface area (TPSA) is 37.3 Å². The number of carbonyl (C=O) groups is 1. The summed E-state index contributed by atoms with van der Waals surface area (Å²) in [5.74, 6) is 0.662. The molecule has 5 rings (SSSR count). The summed E-state index contributed by atoms with van der Waals surface area (Å²) in [6.07, 6.45) is 6.82. The van der Waals surface area contributed by atoms with Crippen molar-refractivity contribution in [3.05, 3.63) is 88.1 Å². The van der Waals surface area contributed by atoms with E-state index in [4.69, 9.17) is 0 Å². The SMILES string of the molecule is Cc1cc(/C=C2\SC(Nc3ccccc3)N([C@@H]3CCCC[C@H]3C)C2=O)c(C)n1-c1ccc(C(C)(C)C)cc1. The van der Waals surface area contributed by atoms with Gasteiger partial charge in [0, 0.05) is 28.8 Å². The molecule has 0 spiro atoms. The fraction of sp³-hybridized carbons (Fsp3) is 0.424. The summed E-state index contributed by atoms with van der Waals surface area (Å²) < 4.78 is 2.30. The summed E-state index contributed by atoms with van der Waals surface area (Å²) in [5, 5.41) is 3.65. The number of carbonyl (C=O) groups excluding carboxylic acids is 1. The highest BCUT2D eigenvalue weighted by atomic mass is 32.2. The number of hydrogen-bond donors (Lipinski definition) is 1. The number of amides is 1. The second-order valence-electron chi connectivity index (χ2n) is 12.0. The third-order valence-electron chi connectivity index (χ3n) is 8.17. The van der Waals surface area contributed by atoms with Gasteiger partial charge in [-0.1, -0.05) is 82.6 Å². The molecule has 2 aromatic carbocycles. The molecule has 200 valence electrons. The first-order chi connectivity index (χ1) is 18.1. The van der Waals surface area contributed by atoms with Crippen molar-refractivity contribution in [2.75, 3.05) is 5.32 Å². The maximum absolute atomic E-state index is 13.9. The largest absolute Gasteiger partial charge is 0.356 e. The van der Waals surface area contributed by atoms with Crippen molar-refractivity contribution >= 4 is 29.4 Å². The van der Waals surface area contributed by atoms with E-state index in [2.05, 4.69) is 105 Å². The lowest BCUT2D eigenvalue weighted by Gasteiger charge is -2.39. The predicted molar refractivity (Wildman–Crippen MR) is 162 cm³/mol. The Balaban J connectivity index is 1.47. The maximum atomic E-state index is 13.9. The van der Waals surface area contributed by atoms with Gasteiger partial charge in [0.1, 0.15) is 0 Å². The van der Waals surface area contributed by atoms with Gasteiger partial charge >= 0.3 is 0 Å². The number of anilines is 1. The zero-order valence-corrected chi connectivity index (χ0v) is 24.4. The summed E-state index contributed by atoms with van der Waals surface area (Å²) in [5.41, 5.74) is 6.99. The Morgan fingerprint density at radius 3 is 2.32 bits per heavy atom. The van der Waals surface area contributed by atoms with Crippen molar-refractivity contribution in [3.63, 3.8) is 0 Å². The number of hydrogen-bond acceptors (Lipinski definition) is 3. The Morgan fingerprint density at radius 2 is 1.66 bits per heavy atom. The molecule has 1 aromatic heterocycles. The summed E-state index contributed by atoms with van der Waals surface area (Å²) in [7, 11) is 0. The van der Waals surface area contributed by atoms with Crippen LogP contribution in [0.5, 0.6) is 0 Å². The maximum Gasteiger partial charge on any atom is 0.262 e. The van der Waals surface area contributed by atoms with E-state index in [0.717, 1.165) is 34.0 Å². The van der Waals surface area contributed by atoms with Crippen molar-refractivity contribution in [2.24, 2.45) is 5.92 Å². The van der Waals surface area contributed by atoms with E-state index in [9.17, 15) is 4.79 Å². The number of aromatic nitrogens is 1. The molecule has 1 aliphatic heterocycles. The van der Waals surface area contributed by atoms with Crippen molar-refractivity contribution in [1.82, 2.24) is 9.47 Å². The Hall–Kier alpha value is -2.92. The molecule has 1 aliphatic carbocycles. The van der Waals surface area contributed by atoms with Crippen molar-refractivity contribution in [2.45, 2.75) is 84.2 Å². The molecule has 38 heavy (non-hydrogen) atoms. The molecule has 0 bridgehead atoms. The number of nitrogens with one attached hydrogen (secondary N) is 1. The van der Waals surface area contributed by atoms with Crippen LogP contribution in [0.2, 0.25) is 0 Å². The Labute approximate surface area is 232 Å². The Morgan fingerprint density at radius 1 is 0.974 bits per heavy atom. The highest BCUT2D eigenvalue weighted by Gasteiger charge is 2.43. The number of thioether (sulfide) groups is 1. The van der Waals surface area contributed by atoms with Crippen LogP contribution in [0.25, 0.3) is 11.8 Å². The van der Waals surface area contributed by atoms with Gasteiger partial charge in [0.05, 0.1) is 4.91 Å². The van der Waals surface area contributed by atoms with Gasteiger partial charge in [0.25, 0.3) is 5.91 Å². The standard InChI is InChI=1S/C33H41N3OS/c1-22-12-10-11-15-29(22)36-31(37)30(38-32(36)34-27-13-8-7-9-14-27)21-25-20-23(2)35(24(25)3)28-18-16-26(17-19-28)33(4,5)6/h7-9,13-14,16-22,29,32,34H,10-12,15H2,1-6H3/b30-21-/t22-,29-,32?/m1/s1. The van der Waals surface area contributed by atoms with Crippen LogP contribution in [0.3, 0.4) is 0 Å². The highest BCUT2D eigenvalue weighted by Crippen LogP contribution is 2.42. The van der Waals surface area contributed by atoms with Gasteiger partial charge in [-0.2, -0.15) is 0 Å². The molecule has 1 N–H and O–H groups in total. The van der Waals surface area contributed by atoms with E-state index >= 15 is 0 Å². The van der Waals surface area contributed by atoms with Crippen LogP contribution >= 0.6 is 11.8 Å². The summed E-state index contributed by atoms with van der Waals surface area (Å²) in [6, 6.07) is 21.6. The van der Waals surface area contributed by atoms with Crippen molar-refractivity contribution in [1.29, 1.82) is 0 Å². The van der Waals surface area contributed by atoms with Crippen LogP contribution in [0, 0.1) is 19.8 Å². The van der Waals surface area contributed by atoms with Gasteiger partial charge in [-0.25, -0.2) is 0 Å². The summed E-state index contributed by atoms with van der Waals surface area (Å²) in [6.45, 7) is 13.3. The fourth-order valence-electron chi connectivity index (χ4n) is 5.95. The molecule has 5 heteroatoms. The molecule has 4 nitrogen and oxygen atoms in total. The Bertz CT molecular complexity index is 1320. The van der Waals surface area contributed by atoms with Gasteiger partial charge in [0.15, 0.2) is 5.50 Å². The van der Waals surface area contributed by atoms with Crippen LogP contribution in [-0.4, -0.2) is 26.9 Å². The predicted octanol–water partition coefficient (Wildman–Crippen LogP) is 8.28. The molecule has 1 saturated heterocycles. The second-order valence-corrected chi connectivity index (χ2v) is 13.1. The number of aryl methyl sites for hydroxylation is 1. The second kappa shape index (κ2) is 10.7. The van der Waals surface area contributed by atoms with Gasteiger partial charge in [-0.3, -0.25) is 4.79 Å². The lowest BCUT2D eigenvalue weighted by molar-refractivity contribution is -0.129. The van der Waals surface area contributed by atoms with Crippen molar-refractivity contribution in [3.8, 4) is 5.69 Å². The minimum Gasteiger partial charge on any atom is -0.356 e. The molecule has 2 aliphatic rings. The van der Waals surface area contributed by atoms with Gasteiger partial charge in [-0.05, 0) is 85.6 Å². The molecule has 3 aromatic rings. The molecule has 2 fully saturated rings. The number of rotatable bonds is 5. The average Bonchev–Trinajstić information content (AvgIpc) is 3.34. The lowest BCUT2D eigenvalue weighted by Crippen LogP contribution is -2.48. The van der Waals surface area contributed by atoms with Gasteiger partial charge in [0.2, 0.25) is 0 Å². The van der Waals surface area contributed by atoms with Crippen LogP contribution in [0.1, 0.15) is 75.9 Å². The van der Waals surface area contributed by atoms with Crippen LogP contribution in [-0.2, 0) is 10.2 Å². The zero-order chi connectivity index (χ0) is 27.0. The molecule has 1 saturated carbocycles. The highest BCUT2D eigenvalue weighted by molar-refractivity contribution is 8.05. The zero-order valence-electron chi connectivity index (χ0n) is 23.6. The third-order valence-corrected chi connectivity index (χ3v) is 9.29. The quantitative estimate of drug-likeness (QED) is 0.339. The normalized spacial score (nSPS) is 23.3. The van der Waals surface area contributed by atoms with E-state index in [-0.39, 0.29) is 22.9 Å². The first-order valence-electron chi connectivity index (χ1n) is 14.0. The average molecular weight is 528 g/mol. The molecular weight excluding hydrogens is 486 g/mol. The number of para-hydroxylation sites is 1. The molecule has 3 atom stereocenters. The van der Waals surface area contributed by atoms with E-state index in [1.54, 1.807) is 11.8 Å². The smallest absolute Gasteiger partial charge is 0.262 e. The number of nitrogens with zero attached hydrogens (tertiary/aromatic N) is 2. The van der Waals surface area contributed by atoms with Crippen LogP contribution < -0.4 is 5.32 Å².